The highest BCUT2D eigenvalue weighted by atomic mass is 79.9. The molecular formula is C10H10Br2N2O5. The Labute approximate surface area is 125 Å². The van der Waals surface area contributed by atoms with Crippen LogP contribution in [0.25, 0.3) is 0 Å². The van der Waals surface area contributed by atoms with Crippen LogP contribution in [0.3, 0.4) is 0 Å². The third-order valence-electron chi connectivity index (χ3n) is 2.38. The Kier molecular flexibility index (Phi) is 5.27. The summed E-state index contributed by atoms with van der Waals surface area (Å²) < 4.78 is 4.70. The molecule has 0 spiro atoms. The Morgan fingerprint density at radius 1 is 1.58 bits per heavy atom. The van der Waals surface area contributed by atoms with E-state index in [1.165, 1.54) is 7.11 Å². The summed E-state index contributed by atoms with van der Waals surface area (Å²) in [6.07, 6.45) is -0.0781. The average Bonchev–Trinajstić information content (AvgIpc) is 2.37. The smallest absolute Gasteiger partial charge is 0.322 e. The second kappa shape index (κ2) is 6.31. The number of nitrogens with two attached hydrogens (primary N) is 1. The van der Waals surface area contributed by atoms with E-state index < -0.39 is 16.9 Å². The Morgan fingerprint density at radius 2 is 2.16 bits per heavy atom. The minimum atomic E-state index is -1.01. The molecule has 104 valence electrons. The molecule has 9 heteroatoms. The second-order valence-electron chi connectivity index (χ2n) is 3.62. The number of aromatic hydroxyl groups is 1. The zero-order valence-corrected chi connectivity index (χ0v) is 12.9. The summed E-state index contributed by atoms with van der Waals surface area (Å²) in [5, 5.41) is 20.7. The molecular weight excluding hydrogens is 388 g/mol. The molecule has 1 aromatic carbocycles. The van der Waals surface area contributed by atoms with Gasteiger partial charge in [-0.05, 0) is 31.9 Å². The normalized spacial score (nSPS) is 12.0. The van der Waals surface area contributed by atoms with Crippen LogP contribution in [-0.2, 0) is 16.0 Å². The number of nitrogens with zero attached hydrogens (tertiary/aromatic N) is 1. The summed E-state index contributed by atoms with van der Waals surface area (Å²) in [6.45, 7) is 0. The number of rotatable bonds is 4. The summed E-state index contributed by atoms with van der Waals surface area (Å²) >= 11 is 6.04. The van der Waals surface area contributed by atoms with Gasteiger partial charge in [0, 0.05) is 18.1 Å². The fourth-order valence-electron chi connectivity index (χ4n) is 1.41. The predicted molar refractivity (Wildman–Crippen MR) is 73.9 cm³/mol. The van der Waals surface area contributed by atoms with Crippen LogP contribution in [0.4, 0.5) is 5.69 Å². The van der Waals surface area contributed by atoms with Crippen molar-refractivity contribution in [2.24, 2.45) is 5.73 Å². The topological polar surface area (TPSA) is 116 Å². The summed E-state index contributed by atoms with van der Waals surface area (Å²) in [7, 11) is 1.18. The Bertz CT molecular complexity index is 535. The second-order valence-corrected chi connectivity index (χ2v) is 5.21. The van der Waals surface area contributed by atoms with Crippen molar-refractivity contribution >= 4 is 43.5 Å². The van der Waals surface area contributed by atoms with E-state index in [0.717, 1.165) is 6.07 Å². The zero-order chi connectivity index (χ0) is 14.7. The molecule has 7 nitrogen and oxygen atoms in total. The number of benzene rings is 1. The molecule has 0 fully saturated rings. The Hall–Kier alpha value is -1.19. The number of nitro groups is 1. The molecule has 0 aliphatic carbocycles. The van der Waals surface area contributed by atoms with E-state index in [0.29, 0.717) is 0 Å². The molecule has 0 saturated carbocycles. The number of esters is 1. The Balaban J connectivity index is 3.22. The minimum Gasteiger partial charge on any atom is -0.506 e. The molecule has 1 atom stereocenters. The highest BCUT2D eigenvalue weighted by Gasteiger charge is 2.24. The van der Waals surface area contributed by atoms with Crippen molar-refractivity contribution in [1.82, 2.24) is 0 Å². The summed E-state index contributed by atoms with van der Waals surface area (Å²) in [4.78, 5) is 21.5. The van der Waals surface area contributed by atoms with Gasteiger partial charge in [-0.2, -0.15) is 0 Å². The number of carbonyl (C=O) groups excluding carboxylic acids is 1. The highest BCUT2D eigenvalue weighted by molar-refractivity contribution is 9.13. The molecule has 0 aromatic heterocycles. The highest BCUT2D eigenvalue weighted by Crippen LogP contribution is 2.41. The van der Waals surface area contributed by atoms with Crippen molar-refractivity contribution in [3.05, 3.63) is 30.7 Å². The lowest BCUT2D eigenvalue weighted by atomic mass is 10.0. The van der Waals surface area contributed by atoms with Gasteiger partial charge in [-0.1, -0.05) is 0 Å². The average molecular weight is 398 g/mol. The van der Waals surface area contributed by atoms with Crippen molar-refractivity contribution < 1.29 is 19.6 Å². The molecule has 0 saturated heterocycles. The molecule has 1 rings (SSSR count). The standard InChI is InChI=1S/C10H10Br2N2O5/c1-19-10(16)5(13)2-4-3-6(14(17)18)7(11)8(12)9(4)15/h3,5,15H,2,13H2,1H3. The summed E-state index contributed by atoms with van der Waals surface area (Å²) in [6, 6.07) is 0.149. The van der Waals surface area contributed by atoms with Crippen molar-refractivity contribution in [2.45, 2.75) is 12.5 Å². The maximum absolute atomic E-state index is 11.2. The van der Waals surface area contributed by atoms with Crippen LogP contribution < -0.4 is 5.73 Å². The van der Waals surface area contributed by atoms with Gasteiger partial charge >= 0.3 is 5.97 Å². The molecule has 0 heterocycles. The van der Waals surface area contributed by atoms with Crippen LogP contribution in [0.1, 0.15) is 5.56 Å². The van der Waals surface area contributed by atoms with Crippen LogP contribution in [0, 0.1) is 10.1 Å². The number of nitro benzene ring substituents is 1. The van der Waals surface area contributed by atoms with E-state index in [9.17, 15) is 20.0 Å². The number of carbonyl (C=O) groups is 1. The van der Waals surface area contributed by atoms with Crippen LogP contribution in [-0.4, -0.2) is 29.2 Å². The van der Waals surface area contributed by atoms with Gasteiger partial charge in [0.2, 0.25) is 0 Å². The number of phenolic OH excluding ortho intramolecular Hbond substituents is 1. The van der Waals surface area contributed by atoms with Crippen LogP contribution in [0.15, 0.2) is 15.0 Å². The summed E-state index contributed by atoms with van der Waals surface area (Å²) in [5.41, 5.74) is 5.50. The molecule has 0 aliphatic rings. The number of ether oxygens (including phenoxy) is 1. The first kappa shape index (κ1) is 15.9. The molecule has 1 unspecified atom stereocenters. The first-order valence-electron chi connectivity index (χ1n) is 4.97. The first-order chi connectivity index (χ1) is 8.79. The zero-order valence-electron chi connectivity index (χ0n) is 9.72. The monoisotopic (exact) mass is 396 g/mol. The minimum absolute atomic E-state index is 0.0781. The van der Waals surface area contributed by atoms with Crippen LogP contribution in [0.2, 0.25) is 0 Å². The van der Waals surface area contributed by atoms with Gasteiger partial charge in [0.05, 0.1) is 16.5 Å². The van der Waals surface area contributed by atoms with Crippen LogP contribution >= 0.6 is 31.9 Å². The number of hydrogen-bond acceptors (Lipinski definition) is 6. The van der Waals surface area contributed by atoms with Crippen LogP contribution in [0.5, 0.6) is 5.75 Å². The fourth-order valence-corrected chi connectivity index (χ4v) is 2.32. The Morgan fingerprint density at radius 3 is 2.63 bits per heavy atom. The third-order valence-corrected chi connectivity index (χ3v) is 4.49. The van der Waals surface area contributed by atoms with Crippen molar-refractivity contribution in [2.75, 3.05) is 7.11 Å². The molecule has 0 amide bonds. The molecule has 3 N–H and O–H groups in total. The SMILES string of the molecule is COC(=O)C(N)Cc1cc([N+](=O)[O-])c(Br)c(Br)c1O. The molecule has 1 aromatic rings. The molecule has 0 bridgehead atoms. The number of halogens is 2. The summed E-state index contributed by atoms with van der Waals surface area (Å²) in [5.74, 6) is -0.877. The maximum atomic E-state index is 11.2. The quantitative estimate of drug-likeness (QED) is 0.455. The fraction of sp³-hybridized carbons (Fsp3) is 0.300. The van der Waals surface area contributed by atoms with Gasteiger partial charge in [0.25, 0.3) is 5.69 Å². The van der Waals surface area contributed by atoms with Gasteiger partial charge < -0.3 is 15.6 Å². The van der Waals surface area contributed by atoms with Gasteiger partial charge in [-0.3, -0.25) is 14.9 Å². The van der Waals surface area contributed by atoms with E-state index in [2.05, 4.69) is 36.6 Å². The number of phenols is 1. The first-order valence-corrected chi connectivity index (χ1v) is 6.55. The molecule has 0 aliphatic heterocycles. The largest absolute Gasteiger partial charge is 0.506 e. The third kappa shape index (κ3) is 3.43. The predicted octanol–water partition coefficient (Wildman–Crippen LogP) is 1.87. The maximum Gasteiger partial charge on any atom is 0.322 e. The molecule has 0 radical (unpaired) electrons. The van der Waals surface area contributed by atoms with Crippen molar-refractivity contribution in [1.29, 1.82) is 0 Å². The van der Waals surface area contributed by atoms with Gasteiger partial charge in [0.1, 0.15) is 16.3 Å². The van der Waals surface area contributed by atoms with E-state index in [4.69, 9.17) is 5.73 Å². The van der Waals surface area contributed by atoms with Crippen molar-refractivity contribution in [3.8, 4) is 5.75 Å². The lowest BCUT2D eigenvalue weighted by molar-refractivity contribution is -0.385. The van der Waals surface area contributed by atoms with E-state index >= 15 is 0 Å². The van der Waals surface area contributed by atoms with E-state index in [-0.39, 0.29) is 32.4 Å². The van der Waals surface area contributed by atoms with E-state index in [1.807, 2.05) is 0 Å². The molecule has 19 heavy (non-hydrogen) atoms. The van der Waals surface area contributed by atoms with Gasteiger partial charge in [-0.25, -0.2) is 0 Å². The lowest BCUT2D eigenvalue weighted by Gasteiger charge is -2.12. The number of methoxy groups -OCH3 is 1. The van der Waals surface area contributed by atoms with Gasteiger partial charge in [-0.15, -0.1) is 0 Å². The van der Waals surface area contributed by atoms with Gasteiger partial charge in [0.15, 0.2) is 0 Å². The van der Waals surface area contributed by atoms with Crippen molar-refractivity contribution in [3.63, 3.8) is 0 Å². The lowest BCUT2D eigenvalue weighted by Crippen LogP contribution is -2.33. The number of hydrogen-bond donors (Lipinski definition) is 2. The van der Waals surface area contributed by atoms with E-state index in [1.54, 1.807) is 0 Å².